The SMILES string of the molecule is CCCN(C)C(=O)c1cc(C(=O)C[C@@H](Cc2ccccc2)[C@H](O)CN(CC(C)C)S(=O)(=O)c2ccc(OC)cc2)cc(N(C)C(=O)OC(C)(C)C)c1. The average molecular weight is 738 g/mol. The lowest BCUT2D eigenvalue weighted by Crippen LogP contribution is -2.43. The summed E-state index contributed by atoms with van der Waals surface area (Å²) in [5.41, 5.74) is 0.784. The van der Waals surface area contributed by atoms with E-state index in [0.717, 1.165) is 12.0 Å². The molecule has 284 valence electrons. The number of amides is 2. The Kier molecular flexibility index (Phi) is 15.0. The Labute approximate surface area is 309 Å². The maximum absolute atomic E-state index is 14.2. The smallest absolute Gasteiger partial charge is 0.414 e. The van der Waals surface area contributed by atoms with Crippen LogP contribution in [0.5, 0.6) is 5.75 Å². The number of rotatable bonds is 17. The molecule has 0 unspecified atom stereocenters. The van der Waals surface area contributed by atoms with Gasteiger partial charge in [0.05, 0.1) is 18.1 Å². The number of benzene rings is 3. The Morgan fingerprint density at radius 2 is 1.50 bits per heavy atom. The van der Waals surface area contributed by atoms with E-state index in [1.165, 1.54) is 47.6 Å². The van der Waals surface area contributed by atoms with E-state index in [9.17, 15) is 27.9 Å². The maximum atomic E-state index is 14.2. The predicted molar refractivity (Wildman–Crippen MR) is 204 cm³/mol. The van der Waals surface area contributed by atoms with Gasteiger partial charge in [-0.3, -0.25) is 14.5 Å². The summed E-state index contributed by atoms with van der Waals surface area (Å²) in [6.07, 6.45) is -1.04. The lowest BCUT2D eigenvalue weighted by Gasteiger charge is -2.30. The first-order chi connectivity index (χ1) is 24.4. The van der Waals surface area contributed by atoms with Crippen molar-refractivity contribution >= 4 is 33.5 Å². The van der Waals surface area contributed by atoms with Gasteiger partial charge in [-0.1, -0.05) is 51.1 Å². The number of anilines is 1. The Hall–Kier alpha value is -4.26. The summed E-state index contributed by atoms with van der Waals surface area (Å²) < 4.78 is 39.8. The van der Waals surface area contributed by atoms with Crippen molar-refractivity contribution in [2.75, 3.05) is 45.7 Å². The van der Waals surface area contributed by atoms with E-state index in [2.05, 4.69) is 0 Å². The zero-order chi connectivity index (χ0) is 38.8. The number of aliphatic hydroxyl groups excluding tert-OH is 1. The van der Waals surface area contributed by atoms with Gasteiger partial charge in [0.2, 0.25) is 10.0 Å². The molecule has 52 heavy (non-hydrogen) atoms. The van der Waals surface area contributed by atoms with Crippen LogP contribution in [-0.4, -0.2) is 93.1 Å². The first kappa shape index (κ1) is 42.2. The lowest BCUT2D eigenvalue weighted by molar-refractivity contribution is 0.0588. The zero-order valence-corrected chi connectivity index (χ0v) is 32.8. The van der Waals surface area contributed by atoms with E-state index in [1.807, 2.05) is 51.1 Å². The fourth-order valence-electron chi connectivity index (χ4n) is 5.73. The van der Waals surface area contributed by atoms with Crippen LogP contribution in [0.1, 0.15) is 80.7 Å². The van der Waals surface area contributed by atoms with Crippen LogP contribution in [0, 0.1) is 11.8 Å². The summed E-state index contributed by atoms with van der Waals surface area (Å²) in [5, 5.41) is 11.8. The van der Waals surface area contributed by atoms with Gasteiger partial charge in [0.25, 0.3) is 5.91 Å². The largest absolute Gasteiger partial charge is 0.497 e. The van der Waals surface area contributed by atoms with Crippen molar-refractivity contribution in [1.82, 2.24) is 9.21 Å². The minimum absolute atomic E-state index is 0.0547. The molecule has 12 heteroatoms. The molecule has 0 aliphatic heterocycles. The number of ketones is 1. The molecule has 0 saturated heterocycles. The molecule has 0 radical (unpaired) electrons. The monoisotopic (exact) mass is 737 g/mol. The van der Waals surface area contributed by atoms with Crippen molar-refractivity contribution in [3.8, 4) is 5.75 Å². The Morgan fingerprint density at radius 3 is 2.06 bits per heavy atom. The molecule has 0 aromatic heterocycles. The van der Waals surface area contributed by atoms with Crippen LogP contribution in [0.4, 0.5) is 10.5 Å². The molecule has 3 aromatic carbocycles. The Balaban J connectivity index is 2.04. The average Bonchev–Trinajstić information content (AvgIpc) is 3.09. The van der Waals surface area contributed by atoms with Crippen molar-refractivity contribution in [1.29, 1.82) is 0 Å². The van der Waals surface area contributed by atoms with E-state index in [0.29, 0.717) is 18.0 Å². The third-order valence-electron chi connectivity index (χ3n) is 8.44. The van der Waals surface area contributed by atoms with E-state index < -0.39 is 33.7 Å². The molecule has 3 rings (SSSR count). The summed E-state index contributed by atoms with van der Waals surface area (Å²) in [6, 6.07) is 20.0. The number of Topliss-reactive ketones (excluding diaryl/α,β-unsaturated/α-hetero) is 1. The molecule has 0 spiro atoms. The van der Waals surface area contributed by atoms with Crippen molar-refractivity contribution in [2.24, 2.45) is 11.8 Å². The quantitative estimate of drug-likeness (QED) is 0.152. The van der Waals surface area contributed by atoms with Gasteiger partial charge >= 0.3 is 6.09 Å². The molecule has 0 aliphatic carbocycles. The van der Waals surface area contributed by atoms with Gasteiger partial charge in [-0.15, -0.1) is 0 Å². The summed E-state index contributed by atoms with van der Waals surface area (Å²) >= 11 is 0. The van der Waals surface area contributed by atoms with Crippen molar-refractivity contribution < 1.29 is 37.4 Å². The first-order valence-electron chi connectivity index (χ1n) is 17.6. The summed E-state index contributed by atoms with van der Waals surface area (Å²) in [7, 11) is 0.655. The highest BCUT2D eigenvalue weighted by molar-refractivity contribution is 7.89. The lowest BCUT2D eigenvalue weighted by atomic mass is 9.87. The standard InChI is InChI=1S/C40H55N3O8S/c1-10-20-41(7)38(46)32-22-31(23-33(24-32)42(8)39(47)51-40(4,5)6)36(44)25-30(21-29-14-12-11-13-15-29)37(45)27-43(26-28(2)3)52(48,49)35-18-16-34(50-9)17-19-35/h11-19,22-24,28,30,37,45H,10,20-21,25-27H2,1-9H3/t30-,37-/m1/s1. The summed E-state index contributed by atoms with van der Waals surface area (Å²) in [4.78, 5) is 43.6. The molecule has 0 heterocycles. The third kappa shape index (κ3) is 11.9. The van der Waals surface area contributed by atoms with Crippen LogP contribution >= 0.6 is 0 Å². The number of carbonyl (C=O) groups excluding carboxylic acids is 3. The predicted octanol–water partition coefficient (Wildman–Crippen LogP) is 6.69. The summed E-state index contributed by atoms with van der Waals surface area (Å²) in [6.45, 7) is 11.4. The normalized spacial score (nSPS) is 13.1. The number of sulfonamides is 1. The zero-order valence-electron chi connectivity index (χ0n) is 32.0. The van der Waals surface area contributed by atoms with Crippen molar-refractivity contribution in [3.05, 3.63) is 89.5 Å². The van der Waals surface area contributed by atoms with Crippen LogP contribution in [0.15, 0.2) is 77.7 Å². The van der Waals surface area contributed by atoms with Crippen LogP contribution in [-0.2, 0) is 21.2 Å². The number of methoxy groups -OCH3 is 1. The molecule has 0 bridgehead atoms. The molecular weight excluding hydrogens is 683 g/mol. The maximum Gasteiger partial charge on any atom is 0.414 e. The highest BCUT2D eigenvalue weighted by Crippen LogP contribution is 2.28. The van der Waals surface area contributed by atoms with Gasteiger partial charge in [0, 0.05) is 57.0 Å². The van der Waals surface area contributed by atoms with Crippen molar-refractivity contribution in [2.45, 2.75) is 77.4 Å². The van der Waals surface area contributed by atoms with Crippen LogP contribution in [0.3, 0.4) is 0 Å². The number of nitrogens with zero attached hydrogens (tertiary/aromatic N) is 3. The molecule has 0 fully saturated rings. The third-order valence-corrected chi connectivity index (χ3v) is 10.3. The van der Waals surface area contributed by atoms with Gasteiger partial charge < -0.3 is 19.5 Å². The number of aliphatic hydroxyl groups is 1. The van der Waals surface area contributed by atoms with Crippen molar-refractivity contribution in [3.63, 3.8) is 0 Å². The molecule has 3 aromatic rings. The van der Waals surface area contributed by atoms with Crippen LogP contribution in [0.2, 0.25) is 0 Å². The first-order valence-corrected chi connectivity index (χ1v) is 19.1. The van der Waals surface area contributed by atoms with Crippen LogP contribution in [0.25, 0.3) is 0 Å². The summed E-state index contributed by atoms with van der Waals surface area (Å²) in [5.74, 6) is -0.936. The van der Waals surface area contributed by atoms with Gasteiger partial charge in [-0.05, 0) is 93.5 Å². The van der Waals surface area contributed by atoms with Gasteiger partial charge in [-0.25, -0.2) is 13.2 Å². The highest BCUT2D eigenvalue weighted by Gasteiger charge is 2.32. The molecule has 0 aliphatic rings. The second kappa shape index (κ2) is 18.5. The van der Waals surface area contributed by atoms with Gasteiger partial charge in [-0.2, -0.15) is 4.31 Å². The van der Waals surface area contributed by atoms with E-state index in [-0.39, 0.29) is 59.6 Å². The molecule has 1 N–H and O–H groups in total. The Morgan fingerprint density at radius 1 is 0.885 bits per heavy atom. The number of carbonyl (C=O) groups is 3. The van der Waals surface area contributed by atoms with E-state index in [1.54, 1.807) is 50.9 Å². The fraction of sp³-hybridized carbons (Fsp3) is 0.475. The molecule has 0 saturated carbocycles. The minimum atomic E-state index is -4.03. The number of hydrogen-bond acceptors (Lipinski definition) is 8. The molecule has 2 atom stereocenters. The van der Waals surface area contributed by atoms with Gasteiger partial charge in [0.15, 0.2) is 5.78 Å². The molecule has 11 nitrogen and oxygen atoms in total. The number of ether oxygens (including phenoxy) is 2. The minimum Gasteiger partial charge on any atom is -0.497 e. The highest BCUT2D eigenvalue weighted by atomic mass is 32.2. The van der Waals surface area contributed by atoms with Gasteiger partial charge in [0.1, 0.15) is 11.4 Å². The topological polar surface area (TPSA) is 134 Å². The second-order valence-corrected chi connectivity index (χ2v) is 16.5. The fourth-order valence-corrected chi connectivity index (χ4v) is 7.35. The van der Waals surface area contributed by atoms with E-state index >= 15 is 0 Å². The molecule has 2 amide bonds. The second-order valence-electron chi connectivity index (χ2n) is 14.6. The number of hydrogen-bond donors (Lipinski definition) is 1. The van der Waals surface area contributed by atoms with Crippen LogP contribution < -0.4 is 9.64 Å². The molecular formula is C40H55N3O8S. The van der Waals surface area contributed by atoms with E-state index in [4.69, 9.17) is 9.47 Å². The Bertz CT molecular complexity index is 1760.